The average molecular weight is 560 g/mol. The number of halogens is 2. The maximum Gasteiger partial charge on any atom is 0.191 e. The van der Waals surface area contributed by atoms with Crippen molar-refractivity contribution in [1.29, 1.82) is 0 Å². The summed E-state index contributed by atoms with van der Waals surface area (Å²) in [7, 11) is 1.76. The number of hydrogen-bond donors (Lipinski definition) is 2. The third-order valence-electron chi connectivity index (χ3n) is 4.86. The van der Waals surface area contributed by atoms with Gasteiger partial charge in [-0.1, -0.05) is 48.0 Å². The number of benzene rings is 2. The summed E-state index contributed by atoms with van der Waals surface area (Å²) in [5.74, 6) is 1.41. The van der Waals surface area contributed by atoms with Gasteiger partial charge >= 0.3 is 0 Å². The Morgan fingerprint density at radius 1 is 1.19 bits per heavy atom. The summed E-state index contributed by atoms with van der Waals surface area (Å²) in [4.78, 5) is 4.32. The molecule has 2 atom stereocenters. The Hall–Kier alpha value is -1.55. The lowest BCUT2D eigenvalue weighted by atomic mass is 10.1. The lowest BCUT2D eigenvalue weighted by Crippen LogP contribution is -2.44. The molecule has 1 aliphatic rings. The first kappa shape index (κ1) is 25.7. The van der Waals surface area contributed by atoms with E-state index >= 15 is 0 Å². The third kappa shape index (κ3) is 8.48. The molecule has 2 aromatic rings. The average Bonchev–Trinajstić information content (AvgIpc) is 3.29. The minimum atomic E-state index is 0. The maximum atomic E-state index is 6.19. The maximum absolute atomic E-state index is 6.19. The van der Waals surface area contributed by atoms with Crippen LogP contribution in [0.3, 0.4) is 0 Å². The molecule has 0 radical (unpaired) electrons. The van der Waals surface area contributed by atoms with Gasteiger partial charge in [-0.15, -0.1) is 24.0 Å². The van der Waals surface area contributed by atoms with E-state index in [2.05, 4.69) is 34.7 Å². The van der Waals surface area contributed by atoms with Crippen LogP contribution in [0.1, 0.15) is 24.5 Å². The van der Waals surface area contributed by atoms with Crippen molar-refractivity contribution in [1.82, 2.24) is 10.6 Å². The van der Waals surface area contributed by atoms with Crippen molar-refractivity contribution in [3.05, 3.63) is 64.7 Å². The lowest BCUT2D eigenvalue weighted by molar-refractivity contribution is 0.0347. The lowest BCUT2D eigenvalue weighted by Gasteiger charge is -2.20. The Labute approximate surface area is 206 Å². The van der Waals surface area contributed by atoms with E-state index in [1.165, 1.54) is 0 Å². The smallest absolute Gasteiger partial charge is 0.191 e. The number of hydrogen-bond acceptors (Lipinski definition) is 4. The van der Waals surface area contributed by atoms with E-state index in [9.17, 15) is 0 Å². The first-order chi connectivity index (χ1) is 14.7. The van der Waals surface area contributed by atoms with Crippen LogP contribution in [0, 0.1) is 0 Å². The molecular formula is C23H31ClIN3O3. The Morgan fingerprint density at radius 3 is 2.65 bits per heavy atom. The van der Waals surface area contributed by atoms with Crippen LogP contribution in [-0.2, 0) is 22.6 Å². The number of ether oxygens (including phenoxy) is 3. The summed E-state index contributed by atoms with van der Waals surface area (Å²) in [5, 5.41) is 7.35. The fraction of sp³-hybridized carbons (Fsp3) is 0.435. The van der Waals surface area contributed by atoms with Gasteiger partial charge in [-0.05, 0) is 36.6 Å². The van der Waals surface area contributed by atoms with Gasteiger partial charge in [0.05, 0.1) is 24.3 Å². The molecule has 2 aromatic carbocycles. The van der Waals surface area contributed by atoms with Crippen molar-refractivity contribution in [2.24, 2.45) is 4.99 Å². The van der Waals surface area contributed by atoms with Gasteiger partial charge in [-0.2, -0.15) is 0 Å². The van der Waals surface area contributed by atoms with E-state index in [0.717, 1.165) is 30.1 Å². The van der Waals surface area contributed by atoms with Crippen LogP contribution in [0.15, 0.2) is 53.5 Å². The largest absolute Gasteiger partial charge is 0.487 e. The van der Waals surface area contributed by atoms with Gasteiger partial charge in [0.2, 0.25) is 0 Å². The first-order valence-electron chi connectivity index (χ1n) is 10.3. The highest BCUT2D eigenvalue weighted by atomic mass is 127. The van der Waals surface area contributed by atoms with Gasteiger partial charge < -0.3 is 24.8 Å². The Bertz CT molecular complexity index is 831. The number of nitrogens with zero attached hydrogens (tertiary/aromatic N) is 1. The molecule has 6 nitrogen and oxygen atoms in total. The van der Waals surface area contributed by atoms with Crippen molar-refractivity contribution in [3.8, 4) is 5.75 Å². The van der Waals surface area contributed by atoms with Crippen molar-refractivity contribution in [2.45, 2.75) is 38.6 Å². The highest BCUT2D eigenvalue weighted by Crippen LogP contribution is 2.24. The molecular weight excluding hydrogens is 529 g/mol. The molecule has 1 aliphatic heterocycles. The molecule has 0 bridgehead atoms. The van der Waals surface area contributed by atoms with Crippen LogP contribution in [0.4, 0.5) is 0 Å². The third-order valence-corrected chi connectivity index (χ3v) is 5.17. The Kier molecular flexibility index (Phi) is 11.4. The molecule has 1 heterocycles. The SMILES string of the molecule is CN=C(NCc1ccccc1COc1ccccc1Cl)NC(C)COC1CCOC1.I. The zero-order valence-electron chi connectivity index (χ0n) is 18.0. The van der Waals surface area contributed by atoms with Crippen LogP contribution < -0.4 is 15.4 Å². The molecule has 2 N–H and O–H groups in total. The quantitative estimate of drug-likeness (QED) is 0.271. The van der Waals surface area contributed by atoms with E-state index < -0.39 is 0 Å². The van der Waals surface area contributed by atoms with Gasteiger partial charge in [-0.3, -0.25) is 4.99 Å². The second-order valence-corrected chi connectivity index (χ2v) is 7.69. The summed E-state index contributed by atoms with van der Waals surface area (Å²) in [5.41, 5.74) is 2.23. The van der Waals surface area contributed by atoms with Gasteiger partial charge in [0.1, 0.15) is 12.4 Å². The minimum Gasteiger partial charge on any atom is -0.487 e. The van der Waals surface area contributed by atoms with E-state index in [4.69, 9.17) is 25.8 Å². The molecule has 1 saturated heterocycles. The van der Waals surface area contributed by atoms with Gasteiger partial charge in [0.25, 0.3) is 0 Å². The highest BCUT2D eigenvalue weighted by molar-refractivity contribution is 14.0. The molecule has 0 spiro atoms. The predicted molar refractivity (Wildman–Crippen MR) is 136 cm³/mol. The van der Waals surface area contributed by atoms with Crippen LogP contribution >= 0.6 is 35.6 Å². The van der Waals surface area contributed by atoms with E-state index in [0.29, 0.717) is 37.1 Å². The second kappa shape index (κ2) is 13.8. The number of nitrogens with one attached hydrogen (secondary N) is 2. The first-order valence-corrected chi connectivity index (χ1v) is 10.6. The summed E-state index contributed by atoms with van der Waals surface area (Å²) in [6.07, 6.45) is 1.17. The van der Waals surface area contributed by atoms with Gasteiger partial charge in [0.15, 0.2) is 5.96 Å². The number of para-hydroxylation sites is 1. The highest BCUT2D eigenvalue weighted by Gasteiger charge is 2.17. The number of rotatable bonds is 9. The van der Waals surface area contributed by atoms with Crippen molar-refractivity contribution in [3.63, 3.8) is 0 Å². The Morgan fingerprint density at radius 2 is 1.94 bits per heavy atom. The number of aliphatic imine (C=N–C) groups is 1. The summed E-state index contributed by atoms with van der Waals surface area (Å²) in [6.45, 7) is 5.24. The second-order valence-electron chi connectivity index (χ2n) is 7.28. The fourth-order valence-corrected chi connectivity index (χ4v) is 3.35. The summed E-state index contributed by atoms with van der Waals surface area (Å²) in [6, 6.07) is 15.8. The summed E-state index contributed by atoms with van der Waals surface area (Å²) < 4.78 is 17.1. The number of guanidine groups is 1. The monoisotopic (exact) mass is 559 g/mol. The van der Waals surface area contributed by atoms with Crippen molar-refractivity contribution in [2.75, 3.05) is 26.9 Å². The molecule has 0 aromatic heterocycles. The molecule has 1 fully saturated rings. The zero-order chi connectivity index (χ0) is 21.2. The fourth-order valence-electron chi connectivity index (χ4n) is 3.16. The van der Waals surface area contributed by atoms with E-state index in [-0.39, 0.29) is 36.1 Å². The molecule has 0 amide bonds. The summed E-state index contributed by atoms with van der Waals surface area (Å²) >= 11 is 6.19. The van der Waals surface area contributed by atoms with Gasteiger partial charge in [0, 0.05) is 26.2 Å². The molecule has 0 saturated carbocycles. The standard InChI is InChI=1S/C23H30ClN3O3.HI/c1-17(14-29-20-11-12-28-16-20)27-23(25-2)26-13-18-7-3-4-8-19(18)15-30-22-10-6-5-9-21(22)24;/h3-10,17,20H,11-16H2,1-2H3,(H2,25,26,27);1H. The van der Waals surface area contributed by atoms with Crippen LogP contribution in [0.2, 0.25) is 5.02 Å². The van der Waals surface area contributed by atoms with Crippen LogP contribution in [0.25, 0.3) is 0 Å². The molecule has 170 valence electrons. The van der Waals surface area contributed by atoms with Crippen molar-refractivity contribution >= 4 is 41.5 Å². The minimum absolute atomic E-state index is 0. The molecule has 0 aliphatic carbocycles. The van der Waals surface area contributed by atoms with E-state index in [1.54, 1.807) is 7.05 Å². The molecule has 31 heavy (non-hydrogen) atoms. The Balaban J connectivity index is 0.00000341. The zero-order valence-corrected chi connectivity index (χ0v) is 21.1. The van der Waals surface area contributed by atoms with Crippen LogP contribution in [-0.4, -0.2) is 45.0 Å². The topological polar surface area (TPSA) is 64.1 Å². The molecule has 8 heteroatoms. The van der Waals surface area contributed by atoms with Crippen LogP contribution in [0.5, 0.6) is 5.75 Å². The van der Waals surface area contributed by atoms with Crippen molar-refractivity contribution < 1.29 is 14.2 Å². The molecule has 2 unspecified atom stereocenters. The van der Waals surface area contributed by atoms with Gasteiger partial charge in [-0.25, -0.2) is 0 Å². The molecule has 3 rings (SSSR count). The van der Waals surface area contributed by atoms with E-state index in [1.807, 2.05) is 36.4 Å². The normalized spacial score (nSPS) is 17.0. The predicted octanol–water partition coefficient (Wildman–Crippen LogP) is 4.40.